The van der Waals surface area contributed by atoms with Gasteiger partial charge in [-0.05, 0) is 19.3 Å². The molecular formula is C14H22N2O6S2. The third-order valence-corrected chi connectivity index (χ3v) is 6.36. The molecule has 0 aliphatic carbocycles. The number of carboxylic acid groups (broad SMARTS) is 2. The minimum Gasteiger partial charge on any atom is -0.481 e. The normalized spacial score (nSPS) is 17.9. The molecule has 4 N–H and O–H groups in total. The summed E-state index contributed by atoms with van der Waals surface area (Å²) in [5, 5.41) is 22.4. The van der Waals surface area contributed by atoms with Crippen molar-refractivity contribution in [2.24, 2.45) is 0 Å². The maximum absolute atomic E-state index is 11.9. The van der Waals surface area contributed by atoms with Gasteiger partial charge < -0.3 is 20.8 Å². The molecule has 1 aliphatic heterocycles. The van der Waals surface area contributed by atoms with Gasteiger partial charge in [-0.15, -0.1) is 0 Å². The molecule has 1 heterocycles. The number of hydrogen-bond acceptors (Lipinski definition) is 6. The molecule has 1 aliphatic rings. The van der Waals surface area contributed by atoms with Gasteiger partial charge in [-0.2, -0.15) is 0 Å². The van der Waals surface area contributed by atoms with E-state index < -0.39 is 42.8 Å². The van der Waals surface area contributed by atoms with E-state index in [4.69, 9.17) is 10.2 Å². The van der Waals surface area contributed by atoms with Crippen LogP contribution in [-0.2, 0) is 19.2 Å². The summed E-state index contributed by atoms with van der Waals surface area (Å²) in [5.74, 6) is -2.54. The summed E-state index contributed by atoms with van der Waals surface area (Å²) in [5.41, 5.74) is 0. The molecule has 10 heteroatoms. The van der Waals surface area contributed by atoms with Crippen LogP contribution in [0.25, 0.3) is 0 Å². The van der Waals surface area contributed by atoms with Crippen molar-refractivity contribution < 1.29 is 29.4 Å². The Balaban J connectivity index is 2.32. The zero-order valence-electron chi connectivity index (χ0n) is 13.2. The zero-order chi connectivity index (χ0) is 17.9. The van der Waals surface area contributed by atoms with Gasteiger partial charge in [0.25, 0.3) is 0 Å². The van der Waals surface area contributed by atoms with Crippen LogP contribution < -0.4 is 10.6 Å². The van der Waals surface area contributed by atoms with E-state index in [0.717, 1.165) is 18.6 Å². The Morgan fingerprint density at radius 3 is 2.46 bits per heavy atom. The second-order valence-corrected chi connectivity index (χ2v) is 8.19. The fourth-order valence-corrected chi connectivity index (χ4v) is 5.19. The first-order valence-electron chi connectivity index (χ1n) is 7.67. The lowest BCUT2D eigenvalue weighted by Crippen LogP contribution is -2.48. The summed E-state index contributed by atoms with van der Waals surface area (Å²) < 4.78 is 0. The molecule has 24 heavy (non-hydrogen) atoms. The smallest absolute Gasteiger partial charge is 0.322 e. The number of unbranched alkanes of at least 4 members (excludes halogenated alkanes) is 1. The molecule has 0 radical (unpaired) electrons. The average Bonchev–Trinajstić information content (AvgIpc) is 3.01. The zero-order valence-corrected chi connectivity index (χ0v) is 14.8. The summed E-state index contributed by atoms with van der Waals surface area (Å²) in [4.78, 5) is 44.9. The molecule has 0 aromatic carbocycles. The molecule has 0 aromatic heterocycles. The number of carbonyl (C=O) groups is 4. The van der Waals surface area contributed by atoms with Crippen molar-refractivity contribution >= 4 is 45.3 Å². The Bertz CT molecular complexity index is 468. The van der Waals surface area contributed by atoms with Gasteiger partial charge in [-0.1, -0.05) is 28.0 Å². The number of carboxylic acids is 2. The largest absolute Gasteiger partial charge is 0.481 e. The first-order valence-corrected chi connectivity index (χ1v) is 10.1. The van der Waals surface area contributed by atoms with Gasteiger partial charge in [0.15, 0.2) is 0 Å². The van der Waals surface area contributed by atoms with Crippen LogP contribution in [0.15, 0.2) is 0 Å². The maximum atomic E-state index is 11.9. The van der Waals surface area contributed by atoms with Crippen molar-refractivity contribution in [3.63, 3.8) is 0 Å². The summed E-state index contributed by atoms with van der Waals surface area (Å²) in [6, 6.07) is -1.27. The molecule has 1 saturated heterocycles. The Morgan fingerprint density at radius 1 is 1.12 bits per heavy atom. The van der Waals surface area contributed by atoms with Gasteiger partial charge in [0, 0.05) is 17.4 Å². The van der Waals surface area contributed by atoms with Crippen molar-refractivity contribution in [1.82, 2.24) is 10.6 Å². The van der Waals surface area contributed by atoms with E-state index in [0.29, 0.717) is 11.7 Å². The summed E-state index contributed by atoms with van der Waals surface area (Å²) in [7, 11) is 3.75. The molecule has 1 rings (SSSR count). The second kappa shape index (κ2) is 11.2. The molecule has 0 aromatic rings. The third kappa shape index (κ3) is 9.02. The van der Waals surface area contributed by atoms with E-state index in [-0.39, 0.29) is 6.42 Å². The van der Waals surface area contributed by atoms with Gasteiger partial charge in [-0.25, -0.2) is 0 Å². The highest BCUT2D eigenvalue weighted by molar-refractivity contribution is 8.77. The van der Waals surface area contributed by atoms with E-state index in [9.17, 15) is 19.2 Å². The molecule has 2 amide bonds. The number of amides is 2. The van der Waals surface area contributed by atoms with Crippen LogP contribution in [0.2, 0.25) is 0 Å². The molecule has 1 fully saturated rings. The number of nitrogens with one attached hydrogen (secondary N) is 2. The van der Waals surface area contributed by atoms with Crippen LogP contribution in [0.1, 0.15) is 38.5 Å². The standard InChI is InChI=1S/C14H22N2O6S2/c17-11(4-2-1-3-9-5-6-23-24-9)16-10(7-12(18)19)14(22)15-8-13(20)21/h9-10H,1-8H2,(H,15,22)(H,16,17)(H,18,19)(H,20,21)/t9-,10?/m0/s1. The van der Waals surface area contributed by atoms with Crippen molar-refractivity contribution in [3.05, 3.63) is 0 Å². The number of rotatable bonds is 11. The molecule has 0 spiro atoms. The highest BCUT2D eigenvalue weighted by atomic mass is 33.1. The van der Waals surface area contributed by atoms with Crippen LogP contribution in [0.3, 0.4) is 0 Å². The molecule has 0 bridgehead atoms. The first kappa shape index (κ1) is 20.6. The lowest BCUT2D eigenvalue weighted by Gasteiger charge is -2.16. The van der Waals surface area contributed by atoms with Gasteiger partial charge >= 0.3 is 11.9 Å². The van der Waals surface area contributed by atoms with Crippen molar-refractivity contribution in [2.75, 3.05) is 12.3 Å². The Morgan fingerprint density at radius 2 is 1.88 bits per heavy atom. The molecule has 8 nitrogen and oxygen atoms in total. The van der Waals surface area contributed by atoms with Gasteiger partial charge in [0.05, 0.1) is 6.42 Å². The number of carbonyl (C=O) groups excluding carboxylic acids is 2. The minimum atomic E-state index is -1.27. The second-order valence-electron chi connectivity index (χ2n) is 5.40. The predicted octanol–water partition coefficient (Wildman–Crippen LogP) is 0.861. The van der Waals surface area contributed by atoms with Crippen LogP contribution in [-0.4, -0.2) is 57.6 Å². The lowest BCUT2D eigenvalue weighted by molar-refractivity contribution is -0.141. The maximum Gasteiger partial charge on any atom is 0.322 e. The fourth-order valence-electron chi connectivity index (χ4n) is 2.16. The Labute approximate surface area is 147 Å². The van der Waals surface area contributed by atoms with Crippen LogP contribution in [0.4, 0.5) is 0 Å². The Hall–Kier alpha value is -1.42. The van der Waals surface area contributed by atoms with E-state index in [1.807, 2.05) is 21.6 Å². The summed E-state index contributed by atoms with van der Waals surface area (Å²) >= 11 is 0. The minimum absolute atomic E-state index is 0.215. The summed E-state index contributed by atoms with van der Waals surface area (Å²) in [6.07, 6.45) is 3.43. The quantitative estimate of drug-likeness (QED) is 0.307. The molecule has 1 unspecified atom stereocenters. The predicted molar refractivity (Wildman–Crippen MR) is 91.8 cm³/mol. The third-order valence-electron chi connectivity index (χ3n) is 3.35. The van der Waals surface area contributed by atoms with E-state index in [2.05, 4.69) is 10.6 Å². The molecule has 2 atom stereocenters. The molecular weight excluding hydrogens is 356 g/mol. The van der Waals surface area contributed by atoms with E-state index in [1.54, 1.807) is 0 Å². The van der Waals surface area contributed by atoms with Crippen molar-refractivity contribution in [2.45, 2.75) is 49.8 Å². The average molecular weight is 378 g/mol. The van der Waals surface area contributed by atoms with Gasteiger partial charge in [-0.3, -0.25) is 19.2 Å². The topological polar surface area (TPSA) is 133 Å². The van der Waals surface area contributed by atoms with E-state index >= 15 is 0 Å². The highest BCUT2D eigenvalue weighted by Gasteiger charge is 2.24. The molecule has 136 valence electrons. The van der Waals surface area contributed by atoms with Crippen molar-refractivity contribution in [1.29, 1.82) is 0 Å². The van der Waals surface area contributed by atoms with Crippen LogP contribution in [0.5, 0.6) is 0 Å². The van der Waals surface area contributed by atoms with Gasteiger partial charge in [0.1, 0.15) is 12.6 Å². The lowest BCUT2D eigenvalue weighted by atomic mass is 10.1. The summed E-state index contributed by atoms with van der Waals surface area (Å²) in [6.45, 7) is -0.623. The molecule has 0 saturated carbocycles. The Kier molecular flexibility index (Phi) is 9.62. The SMILES string of the molecule is O=C(O)CNC(=O)C(CC(=O)O)NC(=O)CCCC[C@H]1CCSS1. The van der Waals surface area contributed by atoms with E-state index in [1.165, 1.54) is 6.42 Å². The number of aliphatic carboxylic acids is 2. The van der Waals surface area contributed by atoms with Gasteiger partial charge in [0.2, 0.25) is 11.8 Å². The highest BCUT2D eigenvalue weighted by Crippen LogP contribution is 2.39. The number of hydrogen-bond donors (Lipinski definition) is 4. The van der Waals surface area contributed by atoms with Crippen molar-refractivity contribution in [3.8, 4) is 0 Å². The first-order chi connectivity index (χ1) is 11.4. The fraction of sp³-hybridized carbons (Fsp3) is 0.714. The monoisotopic (exact) mass is 378 g/mol. The van der Waals surface area contributed by atoms with Crippen LogP contribution in [0, 0.1) is 0 Å². The van der Waals surface area contributed by atoms with Crippen LogP contribution >= 0.6 is 21.6 Å².